The van der Waals surface area contributed by atoms with E-state index >= 15 is 0 Å². The molecule has 41 heavy (non-hydrogen) atoms. The second-order valence-electron chi connectivity index (χ2n) is 11.2. The number of halogens is 2. The first-order chi connectivity index (χ1) is 19.1. The first-order valence-electron chi connectivity index (χ1n) is 13.2. The molecule has 0 saturated carbocycles. The van der Waals surface area contributed by atoms with Crippen LogP contribution in [-0.4, -0.2) is 49.5 Å². The molecule has 3 rings (SSSR count). The van der Waals surface area contributed by atoms with E-state index in [0.29, 0.717) is 32.4 Å². The molecule has 0 aliphatic heterocycles. The summed E-state index contributed by atoms with van der Waals surface area (Å²) in [7, 11) is -3.88. The molecule has 3 aromatic rings. The van der Waals surface area contributed by atoms with Crippen LogP contribution < -0.4 is 9.62 Å². The van der Waals surface area contributed by atoms with Gasteiger partial charge >= 0.3 is 0 Å². The monoisotopic (exact) mass is 617 g/mol. The first kappa shape index (κ1) is 32.4. The Bertz CT molecular complexity index is 1460. The minimum Gasteiger partial charge on any atom is -0.350 e. The number of carbonyl (C=O) groups is 2. The smallest absolute Gasteiger partial charge is 0.244 e. The zero-order valence-corrected chi connectivity index (χ0v) is 26.6. The van der Waals surface area contributed by atoms with Crippen LogP contribution in [0.5, 0.6) is 0 Å². The van der Waals surface area contributed by atoms with E-state index in [-0.39, 0.29) is 18.9 Å². The van der Waals surface area contributed by atoms with Gasteiger partial charge in [-0.05, 0) is 63.4 Å². The van der Waals surface area contributed by atoms with Crippen molar-refractivity contribution < 1.29 is 18.0 Å². The number of anilines is 1. The Hall–Kier alpha value is -3.07. The summed E-state index contributed by atoms with van der Waals surface area (Å²) in [4.78, 5) is 29.5. The Kier molecular flexibility index (Phi) is 10.5. The summed E-state index contributed by atoms with van der Waals surface area (Å²) in [6.07, 6.45) is 1.26. The molecule has 0 aromatic heterocycles. The molecule has 0 spiro atoms. The standard InChI is InChI=1S/C31H37Cl2N3O4S/c1-21-12-10-13-22(2)29(21)36(41(6,39)40)20-28(37)35(19-24-25(32)16-11-17-26(24)33)27(30(38)34-31(3,4)5)18-23-14-8-7-9-15-23/h7-17,27H,18-20H2,1-6H3,(H,34,38). The van der Waals surface area contributed by atoms with Crippen LogP contribution in [0, 0.1) is 13.8 Å². The highest BCUT2D eigenvalue weighted by Crippen LogP contribution is 2.30. The summed E-state index contributed by atoms with van der Waals surface area (Å²) in [5.74, 6) is -0.949. The average molecular weight is 619 g/mol. The van der Waals surface area contributed by atoms with E-state index in [2.05, 4.69) is 5.32 Å². The van der Waals surface area contributed by atoms with E-state index in [0.717, 1.165) is 16.1 Å². The van der Waals surface area contributed by atoms with E-state index in [1.54, 1.807) is 44.2 Å². The van der Waals surface area contributed by atoms with Crippen LogP contribution in [0.25, 0.3) is 0 Å². The fourth-order valence-electron chi connectivity index (χ4n) is 4.64. The van der Waals surface area contributed by atoms with Gasteiger partial charge in [-0.25, -0.2) is 8.42 Å². The third kappa shape index (κ3) is 8.71. The number of benzene rings is 3. The van der Waals surface area contributed by atoms with E-state index in [1.807, 2.05) is 57.2 Å². The number of carbonyl (C=O) groups excluding carboxylic acids is 2. The normalized spacial score (nSPS) is 12.5. The van der Waals surface area contributed by atoms with Crippen molar-refractivity contribution in [3.05, 3.63) is 99.0 Å². The van der Waals surface area contributed by atoms with Gasteiger partial charge in [-0.3, -0.25) is 13.9 Å². The van der Waals surface area contributed by atoms with Crippen molar-refractivity contribution >= 4 is 50.7 Å². The third-order valence-corrected chi connectivity index (χ3v) is 8.35. The summed E-state index contributed by atoms with van der Waals surface area (Å²) in [5.41, 5.74) is 2.55. The highest BCUT2D eigenvalue weighted by atomic mass is 35.5. The predicted octanol–water partition coefficient (Wildman–Crippen LogP) is 5.93. The lowest BCUT2D eigenvalue weighted by Gasteiger charge is -2.35. The van der Waals surface area contributed by atoms with Crippen LogP contribution in [0.3, 0.4) is 0 Å². The number of hydrogen-bond donors (Lipinski definition) is 1. The number of rotatable bonds is 10. The quantitative estimate of drug-likeness (QED) is 0.305. The molecular formula is C31H37Cl2N3O4S. The predicted molar refractivity (Wildman–Crippen MR) is 167 cm³/mol. The van der Waals surface area contributed by atoms with Gasteiger partial charge in [0.05, 0.1) is 11.9 Å². The Morgan fingerprint density at radius 1 is 0.878 bits per heavy atom. The van der Waals surface area contributed by atoms with Crippen LogP contribution in [0.4, 0.5) is 5.69 Å². The molecule has 0 aliphatic carbocycles. The molecule has 0 fully saturated rings. The Morgan fingerprint density at radius 2 is 1.41 bits per heavy atom. The van der Waals surface area contributed by atoms with E-state index in [9.17, 15) is 18.0 Å². The summed E-state index contributed by atoms with van der Waals surface area (Å²) >= 11 is 13.0. The summed E-state index contributed by atoms with van der Waals surface area (Å²) in [5, 5.41) is 3.66. The molecule has 7 nitrogen and oxygen atoms in total. The van der Waals surface area contributed by atoms with Crippen LogP contribution in [0.2, 0.25) is 10.0 Å². The van der Waals surface area contributed by atoms with Crippen molar-refractivity contribution in [2.75, 3.05) is 17.1 Å². The van der Waals surface area contributed by atoms with Crippen molar-refractivity contribution in [3.8, 4) is 0 Å². The zero-order valence-electron chi connectivity index (χ0n) is 24.2. The molecule has 0 radical (unpaired) electrons. The van der Waals surface area contributed by atoms with Gasteiger partial charge in [0.1, 0.15) is 12.6 Å². The molecular weight excluding hydrogens is 581 g/mol. The third-order valence-electron chi connectivity index (χ3n) is 6.53. The Morgan fingerprint density at radius 3 is 1.93 bits per heavy atom. The first-order valence-corrected chi connectivity index (χ1v) is 15.8. The van der Waals surface area contributed by atoms with Crippen LogP contribution in [0.15, 0.2) is 66.7 Å². The Labute approximate surface area is 253 Å². The van der Waals surface area contributed by atoms with Crippen molar-refractivity contribution in [2.45, 2.75) is 59.2 Å². The summed E-state index contributed by atoms with van der Waals surface area (Å²) in [6, 6.07) is 18.8. The van der Waals surface area contributed by atoms with Gasteiger partial charge in [0, 0.05) is 34.1 Å². The number of sulfonamides is 1. The van der Waals surface area contributed by atoms with E-state index in [4.69, 9.17) is 23.2 Å². The largest absolute Gasteiger partial charge is 0.350 e. The summed E-state index contributed by atoms with van der Waals surface area (Å²) in [6.45, 7) is 8.54. The molecule has 0 bridgehead atoms. The fourth-order valence-corrected chi connectivity index (χ4v) is 6.12. The second-order valence-corrected chi connectivity index (χ2v) is 13.9. The number of aryl methyl sites for hydroxylation is 2. The topological polar surface area (TPSA) is 86.8 Å². The lowest BCUT2D eigenvalue weighted by atomic mass is 10.0. The van der Waals surface area contributed by atoms with Crippen molar-refractivity contribution in [2.24, 2.45) is 0 Å². The van der Waals surface area contributed by atoms with Crippen LogP contribution in [0.1, 0.15) is 43.0 Å². The zero-order chi connectivity index (χ0) is 30.5. The maximum absolute atomic E-state index is 14.3. The molecule has 0 aliphatic rings. The van der Waals surface area contributed by atoms with Crippen molar-refractivity contribution in [1.29, 1.82) is 0 Å². The molecule has 1 N–H and O–H groups in total. The minimum absolute atomic E-state index is 0.100. The van der Waals surface area contributed by atoms with Gasteiger partial charge in [0.25, 0.3) is 0 Å². The lowest BCUT2D eigenvalue weighted by Crippen LogP contribution is -2.56. The molecule has 10 heteroatoms. The van der Waals surface area contributed by atoms with Gasteiger partial charge in [-0.15, -0.1) is 0 Å². The number of amides is 2. The van der Waals surface area contributed by atoms with Gasteiger partial charge in [0.2, 0.25) is 21.8 Å². The molecule has 3 aromatic carbocycles. The number of nitrogens with zero attached hydrogens (tertiary/aromatic N) is 2. The minimum atomic E-state index is -3.88. The molecule has 0 saturated heterocycles. The molecule has 1 atom stereocenters. The number of para-hydroxylation sites is 1. The van der Waals surface area contributed by atoms with E-state index in [1.165, 1.54) is 4.90 Å². The number of hydrogen-bond acceptors (Lipinski definition) is 4. The SMILES string of the molecule is Cc1cccc(C)c1N(CC(=O)N(Cc1c(Cl)cccc1Cl)C(Cc1ccccc1)C(=O)NC(C)(C)C)S(C)(=O)=O. The fraction of sp³-hybridized carbons (Fsp3) is 0.355. The highest BCUT2D eigenvalue weighted by Gasteiger charge is 2.35. The average Bonchev–Trinajstić information content (AvgIpc) is 2.85. The van der Waals surface area contributed by atoms with Crippen LogP contribution in [-0.2, 0) is 32.6 Å². The van der Waals surface area contributed by atoms with Gasteiger partial charge in [-0.1, -0.05) is 77.8 Å². The molecule has 0 heterocycles. The van der Waals surface area contributed by atoms with Crippen molar-refractivity contribution in [3.63, 3.8) is 0 Å². The van der Waals surface area contributed by atoms with E-state index < -0.39 is 34.1 Å². The number of nitrogens with one attached hydrogen (secondary N) is 1. The maximum Gasteiger partial charge on any atom is 0.244 e. The van der Waals surface area contributed by atoms with Gasteiger partial charge < -0.3 is 10.2 Å². The molecule has 2 amide bonds. The van der Waals surface area contributed by atoms with Crippen LogP contribution >= 0.6 is 23.2 Å². The van der Waals surface area contributed by atoms with Gasteiger partial charge in [0.15, 0.2) is 0 Å². The molecule has 1 unspecified atom stereocenters. The van der Waals surface area contributed by atoms with Crippen molar-refractivity contribution in [1.82, 2.24) is 10.2 Å². The summed E-state index contributed by atoms with van der Waals surface area (Å²) < 4.78 is 27.3. The maximum atomic E-state index is 14.3. The molecule has 220 valence electrons. The lowest BCUT2D eigenvalue weighted by molar-refractivity contribution is -0.140. The van der Waals surface area contributed by atoms with Gasteiger partial charge in [-0.2, -0.15) is 0 Å². The highest BCUT2D eigenvalue weighted by molar-refractivity contribution is 7.92. The Balaban J connectivity index is 2.16. The second kappa shape index (κ2) is 13.3.